The molecule has 1 aliphatic heterocycles. The molecular weight excluding hydrogens is 602 g/mol. The van der Waals surface area contributed by atoms with Gasteiger partial charge in [0, 0.05) is 19.5 Å². The standard InChI is InChI=1S/C34H37N7O6/c35-31-30-32(39-21-38-31)41(29-17-27(43)28(19-42)47-29)33(40-30)37-18-22-10-12-24(13-11-22)25-8-4-9-26(16-25)45-15-5-14-36-34(44)46-20-23-6-2-1-3-7-23/h1-4,6-13,16,21,27-29,42-43H,5,14-15,17-20H2,(H,36,44)(H,37,40)(H2,35,38,39)/t27-,28+,29+/m0/s1. The second kappa shape index (κ2) is 14.9. The van der Waals surface area contributed by atoms with Crippen molar-refractivity contribution in [1.29, 1.82) is 0 Å². The van der Waals surface area contributed by atoms with Crippen LogP contribution in [0.25, 0.3) is 22.3 Å². The van der Waals surface area contributed by atoms with Gasteiger partial charge < -0.3 is 40.8 Å². The van der Waals surface area contributed by atoms with Crippen molar-refractivity contribution in [2.45, 2.75) is 44.4 Å². The van der Waals surface area contributed by atoms with Crippen LogP contribution in [0, 0.1) is 0 Å². The first kappa shape index (κ1) is 31.7. The quantitative estimate of drug-likeness (QED) is 0.118. The average Bonchev–Trinajstić information content (AvgIpc) is 3.67. The maximum Gasteiger partial charge on any atom is 0.407 e. The molecule has 0 aliphatic carbocycles. The van der Waals surface area contributed by atoms with Crippen molar-refractivity contribution >= 4 is 29.0 Å². The van der Waals surface area contributed by atoms with E-state index >= 15 is 0 Å². The van der Waals surface area contributed by atoms with Crippen LogP contribution in [0.15, 0.2) is 85.2 Å². The minimum absolute atomic E-state index is 0.232. The maximum absolute atomic E-state index is 11.9. The lowest BCUT2D eigenvalue weighted by atomic mass is 10.0. The molecule has 3 heterocycles. The van der Waals surface area contributed by atoms with Gasteiger partial charge in [0.15, 0.2) is 17.0 Å². The number of nitrogens with two attached hydrogens (primary N) is 1. The minimum Gasteiger partial charge on any atom is -0.494 e. The number of amides is 1. The number of hydrogen-bond acceptors (Lipinski definition) is 11. The Kier molecular flexibility index (Phi) is 10.1. The van der Waals surface area contributed by atoms with E-state index in [0.29, 0.717) is 43.2 Å². The summed E-state index contributed by atoms with van der Waals surface area (Å²) in [6.07, 6.45) is -0.285. The number of benzene rings is 3. The highest BCUT2D eigenvalue weighted by molar-refractivity contribution is 5.84. The van der Waals surface area contributed by atoms with Crippen LogP contribution >= 0.6 is 0 Å². The largest absolute Gasteiger partial charge is 0.494 e. The lowest BCUT2D eigenvalue weighted by Gasteiger charge is -2.17. The van der Waals surface area contributed by atoms with Crippen molar-refractivity contribution in [3.63, 3.8) is 0 Å². The van der Waals surface area contributed by atoms with E-state index in [1.807, 2.05) is 78.9 Å². The van der Waals surface area contributed by atoms with Crippen molar-refractivity contribution in [3.8, 4) is 16.9 Å². The van der Waals surface area contributed by atoms with Crippen LogP contribution in [0.5, 0.6) is 5.75 Å². The zero-order chi connectivity index (χ0) is 32.6. The second-order valence-corrected chi connectivity index (χ2v) is 11.1. The lowest BCUT2D eigenvalue weighted by molar-refractivity contribution is -0.0425. The third-order valence-corrected chi connectivity index (χ3v) is 7.82. The van der Waals surface area contributed by atoms with Crippen LogP contribution in [0.3, 0.4) is 0 Å². The smallest absolute Gasteiger partial charge is 0.407 e. The van der Waals surface area contributed by atoms with Gasteiger partial charge in [-0.3, -0.25) is 4.57 Å². The van der Waals surface area contributed by atoms with Crippen molar-refractivity contribution < 1.29 is 29.2 Å². The van der Waals surface area contributed by atoms with Gasteiger partial charge >= 0.3 is 6.09 Å². The van der Waals surface area contributed by atoms with Crippen LogP contribution in [-0.2, 0) is 22.6 Å². The molecule has 1 saturated heterocycles. The molecule has 1 amide bonds. The molecule has 1 fully saturated rings. The Morgan fingerprint density at radius 1 is 1.02 bits per heavy atom. The number of imidazole rings is 1. The molecule has 0 radical (unpaired) electrons. The Labute approximate surface area is 271 Å². The molecule has 13 nitrogen and oxygen atoms in total. The first-order valence-electron chi connectivity index (χ1n) is 15.4. The predicted molar refractivity (Wildman–Crippen MR) is 175 cm³/mol. The molecule has 244 valence electrons. The Hall–Kier alpha value is -5.24. The second-order valence-electron chi connectivity index (χ2n) is 11.1. The van der Waals surface area contributed by atoms with Crippen LogP contribution in [0.1, 0.15) is 30.2 Å². The van der Waals surface area contributed by atoms with Gasteiger partial charge in [0.2, 0.25) is 5.95 Å². The molecule has 6 rings (SSSR count). The molecule has 5 aromatic rings. The number of aliphatic hydroxyl groups excluding tert-OH is 2. The number of ether oxygens (including phenoxy) is 3. The van der Waals surface area contributed by atoms with Crippen molar-refractivity contribution in [3.05, 3.63) is 96.3 Å². The van der Waals surface area contributed by atoms with Crippen LogP contribution in [-0.4, -0.2) is 67.8 Å². The average molecular weight is 640 g/mol. The van der Waals surface area contributed by atoms with Crippen molar-refractivity contribution in [2.75, 3.05) is 30.8 Å². The number of carbonyl (C=O) groups excluding carboxylic acids is 1. The van der Waals surface area contributed by atoms with Gasteiger partial charge in [-0.25, -0.2) is 19.7 Å². The fraction of sp³-hybridized carbons (Fsp3) is 0.294. The van der Waals surface area contributed by atoms with Crippen LogP contribution < -0.4 is 21.1 Å². The summed E-state index contributed by atoms with van der Waals surface area (Å²) in [5, 5.41) is 26.0. The molecule has 3 atom stereocenters. The third-order valence-electron chi connectivity index (χ3n) is 7.82. The number of fused-ring (bicyclic) bond motifs is 1. The summed E-state index contributed by atoms with van der Waals surface area (Å²) in [4.78, 5) is 25.0. The highest BCUT2D eigenvalue weighted by atomic mass is 16.6. The zero-order valence-corrected chi connectivity index (χ0v) is 25.7. The highest BCUT2D eigenvalue weighted by Crippen LogP contribution is 2.35. The van der Waals surface area contributed by atoms with E-state index < -0.39 is 24.5 Å². The third kappa shape index (κ3) is 7.77. The SMILES string of the molecule is Nc1ncnc2c1nc(NCc1ccc(-c3cccc(OCCCNC(=O)OCc4ccccc4)c3)cc1)n2[C@H]1C[C@H](O)[C@@H](CO)O1. The highest BCUT2D eigenvalue weighted by Gasteiger charge is 2.37. The number of anilines is 2. The molecule has 0 spiro atoms. The van der Waals surface area contributed by atoms with E-state index in [2.05, 4.69) is 25.6 Å². The number of hydrogen-bond donors (Lipinski definition) is 5. The van der Waals surface area contributed by atoms with Gasteiger partial charge in [0.05, 0.1) is 19.3 Å². The number of aromatic nitrogens is 4. The fourth-order valence-electron chi connectivity index (χ4n) is 5.35. The summed E-state index contributed by atoms with van der Waals surface area (Å²) < 4.78 is 18.8. The van der Waals surface area contributed by atoms with E-state index in [0.717, 1.165) is 28.0 Å². The van der Waals surface area contributed by atoms with Gasteiger partial charge in [-0.15, -0.1) is 0 Å². The molecule has 3 aromatic carbocycles. The Balaban J connectivity index is 1.01. The Morgan fingerprint density at radius 2 is 1.85 bits per heavy atom. The molecule has 0 bridgehead atoms. The van der Waals surface area contributed by atoms with E-state index in [-0.39, 0.29) is 25.5 Å². The van der Waals surface area contributed by atoms with Crippen molar-refractivity contribution in [2.24, 2.45) is 0 Å². The fourth-order valence-corrected chi connectivity index (χ4v) is 5.35. The molecule has 0 unspecified atom stereocenters. The summed E-state index contributed by atoms with van der Waals surface area (Å²) in [7, 11) is 0. The Morgan fingerprint density at radius 3 is 2.64 bits per heavy atom. The number of alkyl carbamates (subject to hydrolysis) is 1. The predicted octanol–water partition coefficient (Wildman–Crippen LogP) is 4.02. The molecule has 13 heteroatoms. The normalized spacial score (nSPS) is 17.4. The number of aliphatic hydroxyl groups is 2. The molecule has 2 aromatic heterocycles. The molecule has 0 saturated carbocycles. The number of rotatable bonds is 13. The summed E-state index contributed by atoms with van der Waals surface area (Å²) >= 11 is 0. The number of nitrogens with one attached hydrogen (secondary N) is 2. The monoisotopic (exact) mass is 639 g/mol. The van der Waals surface area contributed by atoms with E-state index in [1.165, 1.54) is 6.33 Å². The number of nitrogens with zero attached hydrogens (tertiary/aromatic N) is 4. The van der Waals surface area contributed by atoms with Gasteiger partial charge in [-0.1, -0.05) is 66.7 Å². The van der Waals surface area contributed by atoms with Gasteiger partial charge in [-0.2, -0.15) is 0 Å². The van der Waals surface area contributed by atoms with E-state index in [4.69, 9.17) is 19.9 Å². The topological polar surface area (TPSA) is 179 Å². The summed E-state index contributed by atoms with van der Waals surface area (Å²) in [5.41, 5.74) is 11.0. The van der Waals surface area contributed by atoms with E-state index in [9.17, 15) is 15.0 Å². The first-order chi connectivity index (χ1) is 23.0. The lowest BCUT2D eigenvalue weighted by Crippen LogP contribution is -2.26. The summed E-state index contributed by atoms with van der Waals surface area (Å²) in [6.45, 7) is 1.28. The molecular formula is C34H37N7O6. The number of carbonyl (C=O) groups is 1. The van der Waals surface area contributed by atoms with Gasteiger partial charge in [0.1, 0.15) is 31.0 Å². The zero-order valence-electron chi connectivity index (χ0n) is 25.7. The van der Waals surface area contributed by atoms with Gasteiger partial charge in [-0.05, 0) is 40.8 Å². The van der Waals surface area contributed by atoms with Crippen molar-refractivity contribution in [1.82, 2.24) is 24.8 Å². The van der Waals surface area contributed by atoms with E-state index in [1.54, 1.807) is 4.57 Å². The van der Waals surface area contributed by atoms with Crippen LogP contribution in [0.2, 0.25) is 0 Å². The number of nitrogen functional groups attached to an aromatic ring is 1. The minimum atomic E-state index is -0.816. The van der Waals surface area contributed by atoms with Crippen LogP contribution in [0.4, 0.5) is 16.6 Å². The molecule has 6 N–H and O–H groups in total. The molecule has 1 aliphatic rings. The first-order valence-corrected chi connectivity index (χ1v) is 15.4. The Bertz CT molecular complexity index is 1780. The summed E-state index contributed by atoms with van der Waals surface area (Å²) in [6, 6.07) is 25.5. The maximum atomic E-state index is 11.9. The van der Waals surface area contributed by atoms with Gasteiger partial charge in [0.25, 0.3) is 0 Å². The molecule has 47 heavy (non-hydrogen) atoms. The summed E-state index contributed by atoms with van der Waals surface area (Å²) in [5.74, 6) is 1.44.